The fourth-order valence-corrected chi connectivity index (χ4v) is 11.2. The Morgan fingerprint density at radius 2 is 0.942 bits per heavy atom. The van der Waals surface area contributed by atoms with Gasteiger partial charge in [-0.05, 0) is 75.8 Å². The molecular formula is C72H96N17Na5O26. The molecule has 3 aromatic rings. The molecule has 0 bridgehead atoms. The number of aliphatic hydroxyl groups excluding tert-OH is 1. The maximum atomic E-state index is 14.1. The molecule has 0 aliphatic carbocycles. The number of hydrogen-bond acceptors (Lipinski definition) is 28. The number of unbranched alkanes of at least 4 members (excludes halogenated alkanes) is 6. The molecule has 0 fully saturated rings. The number of anilines is 1. The van der Waals surface area contributed by atoms with E-state index < -0.39 is 249 Å². The van der Waals surface area contributed by atoms with Crippen molar-refractivity contribution in [2.45, 2.75) is 197 Å². The van der Waals surface area contributed by atoms with E-state index in [1.54, 1.807) is 30.5 Å². The standard InChI is InChI=1S/C72H101N17O26.5Na/c1-5-7-8-9-10-11-12-23-54(93)81-45(26-38-32-76-43-21-16-14-18-39(38)43)67(109)85-46(28-53(75)92)68(110)87-49(31-60(102)103)69(111)83-42(6-2)63(105)77-33-55(94)80-44(22-17-24-73)65(107)86-48(30-59(100)101)66(108)79-37(4)62(104)84-47(29-58(98)99)64(106)78-34-56(95)82-51(35-90)70(112)89-61(36(3)25-57(96)97)71(113)88-50(72(114)115)27-52(91)40-19-13-15-20-41(40)74;;;;;/h6,13-16,18-21,32,36-37,44-51,61,76,90H,5,7-12,17,22-31,33-35,73-74H2,1-4H3,(H2,75,92)(H,77,105)(H,78,106)(H,79,108)(H,80,94)(H,81,93)(H,82,95)(H,83,111)(H,84,104)(H,85,109)(H,86,107)(H,87,110)(H,88,113)(H,89,112)(H,96,97)(H,98,99)(H,100,101)(H,102,103)(H,114,115);;;;;/q;5*+1/p-5/b42-6-;;;;;/t36-,37-,44+,45+,46+,47+,48+,49+,50+,51-,61+;;;;;/m1...../s1. The van der Waals surface area contributed by atoms with Crippen molar-refractivity contribution in [3.05, 3.63) is 77.6 Å². The molecule has 11 atom stereocenters. The Kier molecular flexibility index (Phi) is 59.4. The molecule has 0 spiro atoms. The number of fused-ring (bicyclic) bond motifs is 1. The zero-order valence-electron chi connectivity index (χ0n) is 68.4. The van der Waals surface area contributed by atoms with Gasteiger partial charge in [-0.1, -0.05) is 88.8 Å². The van der Waals surface area contributed by atoms with Crippen molar-refractivity contribution in [1.29, 1.82) is 0 Å². The van der Waals surface area contributed by atoms with Crippen LogP contribution in [0.5, 0.6) is 0 Å². The minimum atomic E-state index is -2.15. The van der Waals surface area contributed by atoms with Crippen LogP contribution in [0.1, 0.15) is 146 Å². The van der Waals surface area contributed by atoms with Crippen LogP contribution in [0.4, 0.5) is 5.69 Å². The van der Waals surface area contributed by atoms with Gasteiger partial charge in [-0.25, -0.2) is 0 Å². The summed E-state index contributed by atoms with van der Waals surface area (Å²) in [6.45, 7) is 1.72. The molecule has 21 N–H and O–H groups in total. The van der Waals surface area contributed by atoms with Crippen molar-refractivity contribution in [2.24, 2.45) is 17.4 Å². The molecule has 630 valence electrons. The first kappa shape index (κ1) is 116. The summed E-state index contributed by atoms with van der Waals surface area (Å²) < 4.78 is 0. The number of aliphatic carboxylic acids is 5. The number of Topliss-reactive ketones (excluding diaryl/α,β-unsaturated/α-hetero) is 1. The molecule has 3 rings (SSSR count). The molecule has 0 aliphatic heterocycles. The maximum absolute atomic E-state index is 14.1. The number of H-pyrrole nitrogens is 1. The minimum Gasteiger partial charge on any atom is -0.550 e. The van der Waals surface area contributed by atoms with E-state index in [4.69, 9.17) is 17.2 Å². The van der Waals surface area contributed by atoms with Crippen molar-refractivity contribution in [3.8, 4) is 0 Å². The van der Waals surface area contributed by atoms with Crippen molar-refractivity contribution < 1.29 is 274 Å². The van der Waals surface area contributed by atoms with Crippen LogP contribution in [-0.2, 0) is 97.5 Å². The van der Waals surface area contributed by atoms with Gasteiger partial charge in [0.05, 0.1) is 38.1 Å². The summed E-state index contributed by atoms with van der Waals surface area (Å²) in [5.74, 6) is -29.4. The number of carbonyl (C=O) groups excluding carboxylic acids is 20. The monoisotopic (exact) mass is 1730 g/mol. The number of carboxylic acids is 5. The number of aliphatic hydroxyl groups is 1. The summed E-state index contributed by atoms with van der Waals surface area (Å²) in [4.78, 5) is 263. The fourth-order valence-electron chi connectivity index (χ4n) is 11.2. The number of carbonyl (C=O) groups is 20. The number of nitrogen functional groups attached to an aromatic ring is 1. The van der Waals surface area contributed by atoms with Crippen LogP contribution in [0.2, 0.25) is 0 Å². The van der Waals surface area contributed by atoms with Gasteiger partial charge in [-0.3, -0.25) is 71.9 Å². The minimum absolute atomic E-state index is 0. The normalized spacial score (nSPS) is 13.4. The van der Waals surface area contributed by atoms with Gasteiger partial charge in [0.1, 0.15) is 60.1 Å². The second-order valence-corrected chi connectivity index (χ2v) is 26.5. The molecule has 43 nitrogen and oxygen atoms in total. The van der Waals surface area contributed by atoms with Crippen LogP contribution < -0.4 is 260 Å². The van der Waals surface area contributed by atoms with Gasteiger partial charge in [0.15, 0.2) is 5.78 Å². The number of amides is 14. The Labute approximate surface area is 799 Å². The van der Waals surface area contributed by atoms with E-state index in [9.17, 15) is 127 Å². The molecule has 48 heteroatoms. The van der Waals surface area contributed by atoms with Crippen molar-refractivity contribution in [2.75, 3.05) is 32.0 Å². The quantitative estimate of drug-likeness (QED) is 0.00820. The number of carboxylic acid groups (broad SMARTS) is 5. The fraction of sp³-hybridized carbons (Fsp3) is 0.500. The van der Waals surface area contributed by atoms with Crippen LogP contribution in [-0.4, -0.2) is 215 Å². The third-order valence-electron chi connectivity index (χ3n) is 17.3. The summed E-state index contributed by atoms with van der Waals surface area (Å²) in [5, 5.41) is 97.5. The predicted molar refractivity (Wildman–Crippen MR) is 389 cm³/mol. The van der Waals surface area contributed by atoms with Crippen molar-refractivity contribution in [3.63, 3.8) is 0 Å². The number of allylic oxidation sites excluding steroid dienone is 1. The molecule has 0 aliphatic rings. The zero-order chi connectivity index (χ0) is 86.2. The molecule has 0 radical (unpaired) electrons. The smallest absolute Gasteiger partial charge is 0.550 e. The number of para-hydroxylation sites is 2. The summed E-state index contributed by atoms with van der Waals surface area (Å²) in [5.41, 5.74) is 17.3. The average Bonchev–Trinajstić information content (AvgIpc) is 1.68. The molecular weight excluding hydrogens is 1630 g/mol. The van der Waals surface area contributed by atoms with E-state index in [1.807, 2.05) is 26.6 Å². The number of nitrogens with two attached hydrogens (primary N) is 3. The molecule has 0 saturated heterocycles. The molecule has 1 heterocycles. The van der Waals surface area contributed by atoms with E-state index >= 15 is 0 Å². The van der Waals surface area contributed by atoms with E-state index in [0.29, 0.717) is 22.9 Å². The first-order valence-corrected chi connectivity index (χ1v) is 36.4. The van der Waals surface area contributed by atoms with Crippen LogP contribution in [0, 0.1) is 5.92 Å². The Morgan fingerprint density at radius 1 is 0.475 bits per heavy atom. The summed E-state index contributed by atoms with van der Waals surface area (Å²) in [7, 11) is 0. The van der Waals surface area contributed by atoms with E-state index in [-0.39, 0.29) is 191 Å². The first-order valence-electron chi connectivity index (χ1n) is 36.4. The van der Waals surface area contributed by atoms with Gasteiger partial charge in [-0.15, -0.1) is 0 Å². The SMILES string of the molecule is C/C=C(\NC(=O)[C@H](CC(=O)[O-])NC(=O)[C@H](CC(N)=O)NC(=O)[C@H](Cc1c[nH]c2ccccc12)NC(=O)CCCCCCCCC)C(=O)NCC(=O)N[C@@H](CCCN)C(=O)N[C@@H](CC(=O)[O-])C(=O)N[C@H](C)C(=O)N[C@@H](CC(=O)[O-])C(=O)NCC(=O)N[C@H](CO)C(=O)N[C@H](C(=O)N[C@@H](CC(=O)c1ccccc1N)C(=O)[O-])[C@H](C)CC(=O)[O-].[Na+].[Na+].[Na+].[Na+].[Na+]. The van der Waals surface area contributed by atoms with E-state index in [2.05, 4.69) is 54.4 Å². The maximum Gasteiger partial charge on any atom is 1.00 e. The molecule has 14 amide bonds. The predicted octanol–water partition coefficient (Wildman–Crippen LogP) is -26.6. The van der Waals surface area contributed by atoms with E-state index in [1.165, 1.54) is 31.2 Å². The number of primary amides is 1. The second kappa shape index (κ2) is 61.4. The number of rotatable bonds is 54. The van der Waals surface area contributed by atoms with Gasteiger partial charge in [0, 0.05) is 90.8 Å². The largest absolute Gasteiger partial charge is 1.00 e. The van der Waals surface area contributed by atoms with Gasteiger partial charge in [0.2, 0.25) is 76.8 Å². The number of ketones is 1. The molecule has 120 heavy (non-hydrogen) atoms. The molecule has 0 unspecified atom stereocenters. The average molecular weight is 1730 g/mol. The summed E-state index contributed by atoms with van der Waals surface area (Å²) >= 11 is 0. The molecule has 2 aromatic carbocycles. The Morgan fingerprint density at radius 3 is 1.48 bits per heavy atom. The summed E-state index contributed by atoms with van der Waals surface area (Å²) in [6, 6.07) is -6.79. The van der Waals surface area contributed by atoms with Gasteiger partial charge in [0.25, 0.3) is 5.91 Å². The topological polar surface area (TPSA) is 727 Å². The molecule has 1 aromatic heterocycles. The third kappa shape index (κ3) is 43.2. The van der Waals surface area contributed by atoms with Crippen LogP contribution in [0.3, 0.4) is 0 Å². The third-order valence-corrected chi connectivity index (χ3v) is 17.3. The zero-order valence-corrected chi connectivity index (χ0v) is 78.4. The number of benzene rings is 2. The van der Waals surface area contributed by atoms with Gasteiger partial charge in [-0.2, -0.15) is 0 Å². The first-order chi connectivity index (χ1) is 54.3. The number of hydrogen-bond donors (Lipinski definition) is 18. The van der Waals surface area contributed by atoms with Crippen LogP contribution in [0.15, 0.2) is 66.5 Å². The van der Waals surface area contributed by atoms with Gasteiger partial charge >= 0.3 is 148 Å². The number of aromatic amines is 1. The van der Waals surface area contributed by atoms with E-state index in [0.717, 1.165) is 58.4 Å². The second-order valence-electron chi connectivity index (χ2n) is 26.5. The molecule has 0 saturated carbocycles. The van der Waals surface area contributed by atoms with Crippen LogP contribution in [0.25, 0.3) is 10.9 Å². The van der Waals surface area contributed by atoms with Gasteiger partial charge < -0.3 is 146 Å². The van der Waals surface area contributed by atoms with Crippen molar-refractivity contribution in [1.82, 2.24) is 74.1 Å². The Hall–Kier alpha value is -7.96. The number of nitrogens with one attached hydrogen (secondary N) is 14. The number of aromatic nitrogens is 1. The van der Waals surface area contributed by atoms with Crippen LogP contribution >= 0.6 is 0 Å². The van der Waals surface area contributed by atoms with Crippen molar-refractivity contribution >= 4 is 135 Å². The summed E-state index contributed by atoms with van der Waals surface area (Å²) in [6.07, 6.45) is 1.69. The Bertz CT molecular complexity index is 4080. The Balaban J connectivity index is -0.0000274.